The highest BCUT2D eigenvalue weighted by Crippen LogP contribution is 2.22. The molecule has 3 rings (SSSR count). The summed E-state index contributed by atoms with van der Waals surface area (Å²) in [4.78, 5) is 36.3. The third-order valence-corrected chi connectivity index (χ3v) is 4.32. The number of hydrogen-bond donors (Lipinski definition) is 1. The SMILES string of the molecule is CC(C)(C)c1ccc(C(=O)NC(=O)COC(=O)c2ccc(-n3cnnn3)cc2)cc1. The minimum atomic E-state index is -0.710. The van der Waals surface area contributed by atoms with Gasteiger partial charge in [0.15, 0.2) is 6.61 Å². The molecule has 9 heteroatoms. The highest BCUT2D eigenvalue weighted by atomic mass is 16.5. The van der Waals surface area contributed by atoms with Crippen molar-refractivity contribution in [3.8, 4) is 5.69 Å². The fourth-order valence-corrected chi connectivity index (χ4v) is 2.60. The molecule has 30 heavy (non-hydrogen) atoms. The third kappa shape index (κ3) is 5.13. The molecule has 0 saturated carbocycles. The van der Waals surface area contributed by atoms with Crippen LogP contribution in [-0.4, -0.2) is 44.6 Å². The maximum Gasteiger partial charge on any atom is 0.338 e. The van der Waals surface area contributed by atoms with Gasteiger partial charge in [0, 0.05) is 5.56 Å². The van der Waals surface area contributed by atoms with Crippen LogP contribution >= 0.6 is 0 Å². The van der Waals surface area contributed by atoms with E-state index in [1.54, 1.807) is 24.3 Å². The maximum atomic E-state index is 12.2. The van der Waals surface area contributed by atoms with Crippen LogP contribution in [-0.2, 0) is 14.9 Å². The van der Waals surface area contributed by atoms with Crippen molar-refractivity contribution in [2.45, 2.75) is 26.2 Å². The third-order valence-electron chi connectivity index (χ3n) is 4.32. The molecule has 0 aliphatic carbocycles. The predicted molar refractivity (Wildman–Crippen MR) is 107 cm³/mol. The van der Waals surface area contributed by atoms with Crippen molar-refractivity contribution in [2.75, 3.05) is 6.61 Å². The van der Waals surface area contributed by atoms with Gasteiger partial charge in [0.25, 0.3) is 11.8 Å². The first kappa shape index (κ1) is 20.8. The van der Waals surface area contributed by atoms with Gasteiger partial charge in [-0.25, -0.2) is 9.48 Å². The molecule has 0 saturated heterocycles. The number of esters is 1. The number of aromatic nitrogens is 4. The summed E-state index contributed by atoms with van der Waals surface area (Å²) >= 11 is 0. The predicted octanol–water partition coefficient (Wildman–Crippen LogP) is 2.07. The first-order valence-corrected chi connectivity index (χ1v) is 9.19. The monoisotopic (exact) mass is 407 g/mol. The lowest BCUT2D eigenvalue weighted by Crippen LogP contribution is -2.34. The van der Waals surface area contributed by atoms with Crippen LogP contribution in [0.4, 0.5) is 0 Å². The van der Waals surface area contributed by atoms with Crippen molar-refractivity contribution in [2.24, 2.45) is 0 Å². The topological polar surface area (TPSA) is 116 Å². The number of rotatable bonds is 5. The number of carbonyl (C=O) groups is 3. The molecule has 0 fully saturated rings. The van der Waals surface area contributed by atoms with E-state index in [0.717, 1.165) is 5.56 Å². The second-order valence-corrected chi connectivity index (χ2v) is 7.58. The number of nitrogens with zero attached hydrogens (tertiary/aromatic N) is 4. The van der Waals surface area contributed by atoms with E-state index in [2.05, 4.69) is 41.6 Å². The molecule has 0 atom stereocenters. The van der Waals surface area contributed by atoms with Gasteiger partial charge in [-0.2, -0.15) is 0 Å². The number of benzene rings is 2. The Bertz CT molecular complexity index is 1040. The molecule has 2 amide bonds. The maximum absolute atomic E-state index is 12.2. The van der Waals surface area contributed by atoms with Crippen LogP contribution in [0.15, 0.2) is 54.9 Å². The van der Waals surface area contributed by atoms with Crippen LogP contribution in [0.1, 0.15) is 47.1 Å². The van der Waals surface area contributed by atoms with Crippen molar-refractivity contribution < 1.29 is 19.1 Å². The number of ether oxygens (including phenoxy) is 1. The Kier molecular flexibility index (Phi) is 6.01. The Morgan fingerprint density at radius 2 is 1.60 bits per heavy atom. The molecule has 0 aliphatic rings. The standard InChI is InChI=1S/C21H21N5O4/c1-21(2,3)16-8-4-14(5-9-16)19(28)23-18(27)12-30-20(29)15-6-10-17(11-7-15)26-13-22-24-25-26/h4-11,13H,12H2,1-3H3,(H,23,27,28). The van der Waals surface area contributed by atoms with Crippen molar-refractivity contribution in [1.82, 2.24) is 25.5 Å². The van der Waals surface area contributed by atoms with Gasteiger partial charge in [-0.3, -0.25) is 14.9 Å². The number of imide groups is 1. The fraction of sp³-hybridized carbons (Fsp3) is 0.238. The van der Waals surface area contributed by atoms with Crippen molar-refractivity contribution in [3.63, 3.8) is 0 Å². The van der Waals surface area contributed by atoms with Crippen LogP contribution in [0.5, 0.6) is 0 Å². The lowest BCUT2D eigenvalue weighted by molar-refractivity contribution is -0.123. The summed E-state index contributed by atoms with van der Waals surface area (Å²) in [7, 11) is 0. The zero-order valence-electron chi connectivity index (χ0n) is 16.8. The van der Waals surface area contributed by atoms with Crippen LogP contribution in [0.25, 0.3) is 5.69 Å². The summed E-state index contributed by atoms with van der Waals surface area (Å²) in [5.74, 6) is -1.95. The molecule has 0 spiro atoms. The summed E-state index contributed by atoms with van der Waals surface area (Å²) in [6.45, 7) is 5.64. The van der Waals surface area contributed by atoms with Crippen molar-refractivity contribution in [1.29, 1.82) is 0 Å². The molecule has 154 valence electrons. The van der Waals surface area contributed by atoms with E-state index in [1.165, 1.54) is 23.1 Å². The molecule has 9 nitrogen and oxygen atoms in total. The quantitative estimate of drug-likeness (QED) is 0.644. The average molecular weight is 407 g/mol. The van der Waals surface area contributed by atoms with Gasteiger partial charge < -0.3 is 4.74 Å². The second kappa shape index (κ2) is 8.64. The van der Waals surface area contributed by atoms with E-state index in [1.807, 2.05) is 12.1 Å². The molecule has 0 radical (unpaired) electrons. The first-order valence-electron chi connectivity index (χ1n) is 9.19. The lowest BCUT2D eigenvalue weighted by atomic mass is 9.87. The van der Waals surface area contributed by atoms with Gasteiger partial charge in [0.2, 0.25) is 0 Å². The number of hydrogen-bond acceptors (Lipinski definition) is 7. The average Bonchev–Trinajstić information content (AvgIpc) is 3.26. The zero-order chi connectivity index (χ0) is 21.7. The van der Waals surface area contributed by atoms with Gasteiger partial charge in [0.05, 0.1) is 11.3 Å². The Morgan fingerprint density at radius 3 is 2.17 bits per heavy atom. The summed E-state index contributed by atoms with van der Waals surface area (Å²) < 4.78 is 6.40. The van der Waals surface area contributed by atoms with Crippen molar-refractivity contribution in [3.05, 3.63) is 71.5 Å². The van der Waals surface area contributed by atoms with E-state index in [0.29, 0.717) is 11.3 Å². The van der Waals surface area contributed by atoms with E-state index in [9.17, 15) is 14.4 Å². The highest BCUT2D eigenvalue weighted by Gasteiger charge is 2.16. The number of tetrazole rings is 1. The Balaban J connectivity index is 1.51. The molecule has 0 aliphatic heterocycles. The van der Waals surface area contributed by atoms with Gasteiger partial charge in [-0.15, -0.1) is 5.10 Å². The molecular weight excluding hydrogens is 386 g/mol. The molecule has 3 aromatic rings. The number of carbonyl (C=O) groups excluding carboxylic acids is 3. The van der Waals surface area contributed by atoms with Crippen LogP contribution in [0, 0.1) is 0 Å². The van der Waals surface area contributed by atoms with E-state index < -0.39 is 24.4 Å². The minimum Gasteiger partial charge on any atom is -0.452 e. The minimum absolute atomic E-state index is 0.0383. The van der Waals surface area contributed by atoms with Crippen molar-refractivity contribution >= 4 is 17.8 Å². The van der Waals surface area contributed by atoms with Gasteiger partial charge in [-0.05, 0) is 57.8 Å². The fourth-order valence-electron chi connectivity index (χ4n) is 2.60. The molecular formula is C21H21N5O4. The van der Waals surface area contributed by atoms with E-state index in [4.69, 9.17) is 4.74 Å². The number of amides is 2. The Morgan fingerprint density at radius 1 is 0.967 bits per heavy atom. The van der Waals surface area contributed by atoms with Crippen LogP contribution in [0.3, 0.4) is 0 Å². The highest BCUT2D eigenvalue weighted by molar-refractivity contribution is 6.05. The second-order valence-electron chi connectivity index (χ2n) is 7.58. The Labute approximate surface area is 173 Å². The Hall–Kier alpha value is -3.88. The normalized spacial score (nSPS) is 11.0. The van der Waals surface area contributed by atoms with Crippen LogP contribution in [0.2, 0.25) is 0 Å². The molecule has 0 bridgehead atoms. The molecule has 0 unspecified atom stereocenters. The molecule has 1 N–H and O–H groups in total. The van der Waals surface area contributed by atoms with Crippen LogP contribution < -0.4 is 5.32 Å². The summed E-state index contributed by atoms with van der Waals surface area (Å²) in [5.41, 5.74) is 2.30. The molecule has 1 heterocycles. The van der Waals surface area contributed by atoms with Gasteiger partial charge in [-0.1, -0.05) is 32.9 Å². The summed E-state index contributed by atoms with van der Waals surface area (Å²) in [6, 6.07) is 13.3. The number of nitrogens with one attached hydrogen (secondary N) is 1. The van der Waals surface area contributed by atoms with E-state index >= 15 is 0 Å². The summed E-state index contributed by atoms with van der Waals surface area (Å²) in [5, 5.41) is 13.0. The summed E-state index contributed by atoms with van der Waals surface area (Å²) in [6.07, 6.45) is 1.42. The van der Waals surface area contributed by atoms with Gasteiger partial charge in [0.1, 0.15) is 6.33 Å². The lowest BCUT2D eigenvalue weighted by Gasteiger charge is -2.19. The smallest absolute Gasteiger partial charge is 0.338 e. The molecule has 1 aromatic heterocycles. The van der Waals surface area contributed by atoms with Gasteiger partial charge >= 0.3 is 5.97 Å². The zero-order valence-corrected chi connectivity index (χ0v) is 16.8. The largest absolute Gasteiger partial charge is 0.452 e. The molecule has 2 aromatic carbocycles. The van der Waals surface area contributed by atoms with E-state index in [-0.39, 0.29) is 11.0 Å². The first-order chi connectivity index (χ1) is 14.2.